The van der Waals surface area contributed by atoms with Gasteiger partial charge in [0, 0.05) is 25.7 Å². The fourth-order valence-corrected chi connectivity index (χ4v) is 2.75. The average molecular weight is 487 g/mol. The summed E-state index contributed by atoms with van der Waals surface area (Å²) < 4.78 is 11.4. The lowest BCUT2D eigenvalue weighted by Crippen LogP contribution is -2.37. The molecule has 0 aliphatic carbocycles. The molecule has 1 unspecified atom stereocenters. The number of nitrogens with zero attached hydrogens (tertiary/aromatic N) is 1. The summed E-state index contributed by atoms with van der Waals surface area (Å²) >= 11 is 0. The van der Waals surface area contributed by atoms with Gasteiger partial charge in [0.2, 0.25) is 0 Å². The molecule has 0 spiro atoms. The van der Waals surface area contributed by atoms with Crippen LogP contribution in [-0.4, -0.2) is 38.9 Å². The molecule has 1 aliphatic heterocycles. The third-order valence-corrected chi connectivity index (χ3v) is 4.59. The molecular formula is C21H34IN3O2. The molecule has 6 heteroatoms. The Kier molecular flexibility index (Phi) is 11.4. The van der Waals surface area contributed by atoms with Gasteiger partial charge in [0.1, 0.15) is 5.75 Å². The highest BCUT2D eigenvalue weighted by molar-refractivity contribution is 14.0. The van der Waals surface area contributed by atoms with E-state index in [2.05, 4.69) is 60.7 Å². The van der Waals surface area contributed by atoms with Crippen molar-refractivity contribution in [3.8, 4) is 5.75 Å². The van der Waals surface area contributed by atoms with Crippen LogP contribution >= 0.6 is 24.0 Å². The molecule has 5 nitrogen and oxygen atoms in total. The van der Waals surface area contributed by atoms with Gasteiger partial charge >= 0.3 is 0 Å². The van der Waals surface area contributed by atoms with E-state index < -0.39 is 0 Å². The van der Waals surface area contributed by atoms with Crippen molar-refractivity contribution >= 4 is 29.9 Å². The quantitative estimate of drug-likeness (QED) is 0.250. The zero-order chi connectivity index (χ0) is 18.8. The van der Waals surface area contributed by atoms with Crippen LogP contribution in [-0.2, 0) is 11.3 Å². The molecule has 0 fully saturated rings. The number of hydrogen-bond acceptors (Lipinski definition) is 3. The Morgan fingerprint density at radius 3 is 2.81 bits per heavy atom. The summed E-state index contributed by atoms with van der Waals surface area (Å²) in [5.74, 6) is 1.77. The van der Waals surface area contributed by atoms with E-state index in [9.17, 15) is 0 Å². The summed E-state index contributed by atoms with van der Waals surface area (Å²) in [5, 5.41) is 6.78. The molecule has 27 heavy (non-hydrogen) atoms. The molecule has 1 aromatic carbocycles. The smallest absolute Gasteiger partial charge is 0.191 e. The van der Waals surface area contributed by atoms with Crippen molar-refractivity contribution in [3.63, 3.8) is 0 Å². The van der Waals surface area contributed by atoms with Gasteiger partial charge in [0.05, 0.1) is 19.3 Å². The number of nitrogens with one attached hydrogen (secondary N) is 2. The van der Waals surface area contributed by atoms with Crippen LogP contribution in [0.25, 0.3) is 0 Å². The summed E-state index contributed by atoms with van der Waals surface area (Å²) in [5.41, 5.74) is 3.81. The first-order valence-corrected chi connectivity index (χ1v) is 9.58. The van der Waals surface area contributed by atoms with E-state index >= 15 is 0 Å². The SMILES string of the molecule is CCC(C)Oc1cc(C)ccc1CNC(=NC)NCCC1=CCOCC1.I. The number of rotatable bonds is 8. The number of hydrogen-bond donors (Lipinski definition) is 2. The van der Waals surface area contributed by atoms with E-state index in [0.29, 0.717) is 6.54 Å². The van der Waals surface area contributed by atoms with Gasteiger partial charge in [-0.3, -0.25) is 4.99 Å². The molecule has 0 aromatic heterocycles. The zero-order valence-corrected chi connectivity index (χ0v) is 19.3. The Bertz CT molecular complexity index is 632. The van der Waals surface area contributed by atoms with Crippen LogP contribution in [0.15, 0.2) is 34.8 Å². The molecule has 0 saturated heterocycles. The van der Waals surface area contributed by atoms with E-state index in [0.717, 1.165) is 56.3 Å². The first kappa shape index (κ1) is 23.8. The largest absolute Gasteiger partial charge is 0.490 e. The molecule has 0 amide bonds. The van der Waals surface area contributed by atoms with Gasteiger partial charge in [-0.2, -0.15) is 0 Å². The molecule has 2 rings (SSSR count). The van der Waals surface area contributed by atoms with Crippen LogP contribution in [0.4, 0.5) is 0 Å². The molecule has 1 atom stereocenters. The van der Waals surface area contributed by atoms with Crippen LogP contribution in [0.3, 0.4) is 0 Å². The van der Waals surface area contributed by atoms with Crippen molar-refractivity contribution in [2.24, 2.45) is 4.99 Å². The molecule has 0 radical (unpaired) electrons. The monoisotopic (exact) mass is 487 g/mol. The highest BCUT2D eigenvalue weighted by Gasteiger charge is 2.09. The van der Waals surface area contributed by atoms with Crippen LogP contribution in [0.1, 0.15) is 44.2 Å². The predicted octanol–water partition coefficient (Wildman–Crippen LogP) is 4.19. The second kappa shape index (κ2) is 13.0. The van der Waals surface area contributed by atoms with E-state index in [-0.39, 0.29) is 30.1 Å². The number of benzene rings is 1. The second-order valence-corrected chi connectivity index (χ2v) is 6.74. The summed E-state index contributed by atoms with van der Waals surface area (Å²) in [7, 11) is 1.80. The minimum atomic E-state index is 0. The van der Waals surface area contributed by atoms with Gasteiger partial charge in [-0.25, -0.2) is 0 Å². The number of halogens is 1. The lowest BCUT2D eigenvalue weighted by molar-refractivity contribution is 0.153. The van der Waals surface area contributed by atoms with Gasteiger partial charge in [0.25, 0.3) is 0 Å². The maximum atomic E-state index is 6.08. The molecule has 152 valence electrons. The fourth-order valence-electron chi connectivity index (χ4n) is 2.75. The van der Waals surface area contributed by atoms with E-state index in [1.54, 1.807) is 7.05 Å². The molecule has 1 aliphatic rings. The van der Waals surface area contributed by atoms with Crippen LogP contribution in [0.5, 0.6) is 5.75 Å². The summed E-state index contributed by atoms with van der Waals surface area (Å²) in [6.07, 6.45) is 5.45. The standard InChI is InChI=1S/C21H33N3O2.HI/c1-5-17(3)26-20-14-16(2)6-7-19(20)15-24-21(22-4)23-11-8-18-9-12-25-13-10-18;/h6-7,9,14,17H,5,8,10-13,15H2,1-4H3,(H2,22,23,24);1H. The Labute approximate surface area is 181 Å². The van der Waals surface area contributed by atoms with E-state index in [1.165, 1.54) is 11.1 Å². The third-order valence-electron chi connectivity index (χ3n) is 4.59. The fraction of sp³-hybridized carbons (Fsp3) is 0.571. The van der Waals surface area contributed by atoms with E-state index in [4.69, 9.17) is 9.47 Å². The molecule has 2 N–H and O–H groups in total. The second-order valence-electron chi connectivity index (χ2n) is 6.74. The first-order valence-electron chi connectivity index (χ1n) is 9.58. The van der Waals surface area contributed by atoms with Gasteiger partial charge in [-0.1, -0.05) is 30.7 Å². The molecule has 1 heterocycles. The molecule has 0 bridgehead atoms. The van der Waals surface area contributed by atoms with Crippen molar-refractivity contribution in [2.75, 3.05) is 26.8 Å². The van der Waals surface area contributed by atoms with Crippen LogP contribution < -0.4 is 15.4 Å². The normalized spacial score (nSPS) is 15.4. The summed E-state index contributed by atoms with van der Waals surface area (Å²) in [6, 6.07) is 6.35. The van der Waals surface area contributed by atoms with Crippen LogP contribution in [0.2, 0.25) is 0 Å². The minimum Gasteiger partial charge on any atom is -0.490 e. The lowest BCUT2D eigenvalue weighted by Gasteiger charge is -2.19. The van der Waals surface area contributed by atoms with Crippen molar-refractivity contribution in [3.05, 3.63) is 41.0 Å². The van der Waals surface area contributed by atoms with Crippen molar-refractivity contribution in [1.82, 2.24) is 10.6 Å². The maximum Gasteiger partial charge on any atom is 0.191 e. The number of guanidine groups is 1. The van der Waals surface area contributed by atoms with Gasteiger partial charge in [-0.05, 0) is 44.7 Å². The Balaban J connectivity index is 0.00000364. The predicted molar refractivity (Wildman–Crippen MR) is 123 cm³/mol. The van der Waals surface area contributed by atoms with Crippen molar-refractivity contribution < 1.29 is 9.47 Å². The summed E-state index contributed by atoms with van der Waals surface area (Å²) in [6.45, 7) is 9.47. The third kappa shape index (κ3) is 8.51. The Morgan fingerprint density at radius 2 is 2.15 bits per heavy atom. The average Bonchev–Trinajstić information content (AvgIpc) is 2.66. The zero-order valence-electron chi connectivity index (χ0n) is 17.0. The number of aliphatic imine (C=N–C) groups is 1. The van der Waals surface area contributed by atoms with Gasteiger partial charge in [0.15, 0.2) is 5.96 Å². The minimum absolute atomic E-state index is 0. The molecule has 1 aromatic rings. The Morgan fingerprint density at radius 1 is 1.33 bits per heavy atom. The first-order chi connectivity index (χ1) is 12.6. The van der Waals surface area contributed by atoms with Gasteiger partial charge in [-0.15, -0.1) is 24.0 Å². The molecule has 0 saturated carbocycles. The van der Waals surface area contributed by atoms with Crippen molar-refractivity contribution in [1.29, 1.82) is 0 Å². The molecular weight excluding hydrogens is 453 g/mol. The highest BCUT2D eigenvalue weighted by Crippen LogP contribution is 2.22. The maximum absolute atomic E-state index is 6.08. The number of ether oxygens (including phenoxy) is 2. The summed E-state index contributed by atoms with van der Waals surface area (Å²) in [4.78, 5) is 4.32. The highest BCUT2D eigenvalue weighted by atomic mass is 127. The number of aryl methyl sites for hydroxylation is 1. The van der Waals surface area contributed by atoms with Crippen LogP contribution in [0, 0.1) is 6.92 Å². The lowest BCUT2D eigenvalue weighted by atomic mass is 10.1. The topological polar surface area (TPSA) is 54.9 Å². The van der Waals surface area contributed by atoms with E-state index in [1.807, 2.05) is 0 Å². The Hall–Kier alpha value is -1.28. The van der Waals surface area contributed by atoms with Gasteiger partial charge < -0.3 is 20.1 Å². The van der Waals surface area contributed by atoms with Crippen molar-refractivity contribution in [2.45, 2.75) is 52.7 Å².